The van der Waals surface area contributed by atoms with Crippen molar-refractivity contribution in [3.63, 3.8) is 0 Å². The number of nitrogens with zero attached hydrogens (tertiary/aromatic N) is 3. The van der Waals surface area contributed by atoms with Gasteiger partial charge in [0.1, 0.15) is 5.82 Å². The van der Waals surface area contributed by atoms with E-state index in [1.54, 1.807) is 17.0 Å². The maximum Gasteiger partial charge on any atom is 0.230 e. The fourth-order valence-corrected chi connectivity index (χ4v) is 1.44. The molecule has 4 nitrogen and oxygen atoms in total. The molecule has 0 fully saturated rings. The number of rotatable bonds is 3. The van der Waals surface area contributed by atoms with Crippen LogP contribution in [0.15, 0.2) is 30.9 Å². The number of aryl methyl sites for hydroxylation is 1. The fraction of sp³-hybridized carbons (Fsp3) is 0.182. The van der Waals surface area contributed by atoms with Crippen molar-refractivity contribution in [1.82, 2.24) is 14.5 Å². The molecule has 0 N–H and O–H groups in total. The lowest BCUT2D eigenvalue weighted by atomic mass is 10.2. The minimum absolute atomic E-state index is 0.209. The van der Waals surface area contributed by atoms with E-state index in [0.29, 0.717) is 12.4 Å². The topological polar surface area (TPSA) is 47.8 Å². The molecule has 0 saturated heterocycles. The molecule has 0 aliphatic carbocycles. The van der Waals surface area contributed by atoms with Crippen LogP contribution in [0.5, 0.6) is 0 Å². The lowest BCUT2D eigenvalue weighted by Crippen LogP contribution is -2.11. The Balaban J connectivity index is 2.39. The third-order valence-electron chi connectivity index (χ3n) is 2.23. The van der Waals surface area contributed by atoms with E-state index in [0.717, 1.165) is 12.3 Å². The van der Waals surface area contributed by atoms with Crippen LogP contribution in [-0.2, 0) is 6.54 Å². The highest BCUT2D eigenvalue weighted by Crippen LogP contribution is 2.08. The van der Waals surface area contributed by atoms with Gasteiger partial charge in [-0.2, -0.15) is 0 Å². The molecule has 0 amide bonds. The van der Waals surface area contributed by atoms with Crippen LogP contribution < -0.4 is 0 Å². The molecule has 0 aliphatic rings. The number of hydrogen-bond acceptors (Lipinski definition) is 3. The molecule has 2 aromatic heterocycles. The summed E-state index contributed by atoms with van der Waals surface area (Å²) in [7, 11) is 0. The summed E-state index contributed by atoms with van der Waals surface area (Å²) in [6.45, 7) is 2.55. The summed E-state index contributed by atoms with van der Waals surface area (Å²) in [5, 5.41) is 0. The molecular formula is C11H10FN3O. The van der Waals surface area contributed by atoms with Gasteiger partial charge in [-0.15, -0.1) is 0 Å². The van der Waals surface area contributed by atoms with Crippen LogP contribution in [0.25, 0.3) is 0 Å². The molecule has 0 radical (unpaired) electrons. The van der Waals surface area contributed by atoms with Gasteiger partial charge in [0.15, 0.2) is 5.82 Å². The molecule has 2 rings (SSSR count). The Hall–Kier alpha value is -2.04. The first-order chi connectivity index (χ1) is 7.72. The fourth-order valence-electron chi connectivity index (χ4n) is 1.44. The minimum Gasteiger partial charge on any atom is -0.328 e. The van der Waals surface area contributed by atoms with Crippen LogP contribution in [-0.4, -0.2) is 20.3 Å². The van der Waals surface area contributed by atoms with Crippen molar-refractivity contribution in [1.29, 1.82) is 0 Å². The average Bonchev–Trinajstić information content (AvgIpc) is 2.76. The number of halogens is 1. The maximum atomic E-state index is 12.9. The van der Waals surface area contributed by atoms with Crippen molar-refractivity contribution in [3.05, 3.63) is 48.1 Å². The molecule has 0 saturated carbocycles. The van der Waals surface area contributed by atoms with E-state index in [9.17, 15) is 9.18 Å². The number of hydrogen-bond donors (Lipinski definition) is 0. The molecule has 0 unspecified atom stereocenters. The first-order valence-electron chi connectivity index (χ1n) is 4.88. The summed E-state index contributed by atoms with van der Waals surface area (Å²) >= 11 is 0. The van der Waals surface area contributed by atoms with Crippen molar-refractivity contribution in [2.75, 3.05) is 0 Å². The molecule has 2 heterocycles. The zero-order chi connectivity index (χ0) is 11.5. The summed E-state index contributed by atoms with van der Waals surface area (Å²) in [6, 6.07) is 1.16. The molecular weight excluding hydrogens is 209 g/mol. The Morgan fingerprint density at radius 2 is 2.31 bits per heavy atom. The van der Waals surface area contributed by atoms with E-state index < -0.39 is 5.82 Å². The summed E-state index contributed by atoms with van der Waals surface area (Å²) in [6.07, 6.45) is 5.65. The minimum atomic E-state index is -0.527. The Labute approximate surface area is 91.8 Å². The van der Waals surface area contributed by atoms with Gasteiger partial charge in [-0.1, -0.05) is 0 Å². The number of carbonyl (C=O) groups is 1. The quantitative estimate of drug-likeness (QED) is 0.738. The van der Waals surface area contributed by atoms with E-state index >= 15 is 0 Å². The summed E-state index contributed by atoms with van der Waals surface area (Å²) in [5.41, 5.74) is 0.209. The van der Waals surface area contributed by atoms with Gasteiger partial charge in [-0.3, -0.25) is 9.78 Å². The SMILES string of the molecule is CCn1ccnc1C(=O)c1cncc(F)c1. The Kier molecular flexibility index (Phi) is 2.76. The van der Waals surface area contributed by atoms with Gasteiger partial charge >= 0.3 is 0 Å². The van der Waals surface area contributed by atoms with Crippen LogP contribution in [0.1, 0.15) is 23.1 Å². The summed E-state index contributed by atoms with van der Waals surface area (Å²) in [5.74, 6) is -0.547. The molecule has 0 aromatic carbocycles. The second-order valence-corrected chi connectivity index (χ2v) is 3.26. The lowest BCUT2D eigenvalue weighted by molar-refractivity contribution is 0.102. The van der Waals surface area contributed by atoms with Gasteiger partial charge in [-0.05, 0) is 13.0 Å². The largest absolute Gasteiger partial charge is 0.328 e. The van der Waals surface area contributed by atoms with E-state index in [1.165, 1.54) is 6.20 Å². The van der Waals surface area contributed by atoms with Crippen LogP contribution in [0.3, 0.4) is 0 Å². The first-order valence-corrected chi connectivity index (χ1v) is 4.88. The monoisotopic (exact) mass is 219 g/mol. The highest BCUT2D eigenvalue weighted by molar-refractivity contribution is 6.06. The number of pyridine rings is 1. The predicted octanol–water partition coefficient (Wildman–Crippen LogP) is 1.67. The summed E-state index contributed by atoms with van der Waals surface area (Å²) in [4.78, 5) is 19.5. The normalized spacial score (nSPS) is 10.4. The van der Waals surface area contributed by atoms with Gasteiger partial charge < -0.3 is 4.57 Å². The second-order valence-electron chi connectivity index (χ2n) is 3.26. The van der Waals surface area contributed by atoms with Crippen molar-refractivity contribution in [3.8, 4) is 0 Å². The Morgan fingerprint density at radius 1 is 1.50 bits per heavy atom. The van der Waals surface area contributed by atoms with Gasteiger partial charge in [0.05, 0.1) is 6.20 Å². The third kappa shape index (κ3) is 1.84. The molecule has 0 atom stereocenters. The first kappa shape index (κ1) is 10.5. The second kappa shape index (κ2) is 4.22. The molecule has 0 aliphatic heterocycles. The third-order valence-corrected chi connectivity index (χ3v) is 2.23. The van der Waals surface area contributed by atoms with Gasteiger partial charge in [0, 0.05) is 30.7 Å². The smallest absolute Gasteiger partial charge is 0.230 e. The van der Waals surface area contributed by atoms with Gasteiger partial charge in [0.25, 0.3) is 0 Å². The molecule has 5 heteroatoms. The van der Waals surface area contributed by atoms with Crippen LogP contribution in [0, 0.1) is 5.82 Å². The maximum absolute atomic E-state index is 12.9. The molecule has 0 spiro atoms. The number of ketones is 1. The van der Waals surface area contributed by atoms with Gasteiger partial charge in [-0.25, -0.2) is 9.37 Å². The summed E-state index contributed by atoms with van der Waals surface area (Å²) < 4.78 is 14.6. The van der Waals surface area contributed by atoms with Crippen LogP contribution in [0.2, 0.25) is 0 Å². The lowest BCUT2D eigenvalue weighted by Gasteiger charge is -2.03. The van der Waals surface area contributed by atoms with E-state index in [4.69, 9.17) is 0 Å². The molecule has 0 bridgehead atoms. The highest BCUT2D eigenvalue weighted by Gasteiger charge is 2.15. The van der Waals surface area contributed by atoms with Crippen molar-refractivity contribution in [2.24, 2.45) is 0 Å². The number of imidazole rings is 1. The van der Waals surface area contributed by atoms with Crippen molar-refractivity contribution < 1.29 is 9.18 Å². The van der Waals surface area contributed by atoms with Crippen LogP contribution >= 0.6 is 0 Å². The van der Waals surface area contributed by atoms with E-state index in [1.807, 2.05) is 6.92 Å². The van der Waals surface area contributed by atoms with Gasteiger partial charge in [0.2, 0.25) is 5.78 Å². The van der Waals surface area contributed by atoms with Crippen LogP contribution in [0.4, 0.5) is 4.39 Å². The predicted molar refractivity (Wildman–Crippen MR) is 55.5 cm³/mol. The zero-order valence-electron chi connectivity index (χ0n) is 8.72. The molecule has 2 aromatic rings. The van der Waals surface area contributed by atoms with Crippen molar-refractivity contribution in [2.45, 2.75) is 13.5 Å². The zero-order valence-corrected chi connectivity index (χ0v) is 8.72. The average molecular weight is 219 g/mol. The Morgan fingerprint density at radius 3 is 3.00 bits per heavy atom. The number of aromatic nitrogens is 3. The molecule has 82 valence electrons. The highest BCUT2D eigenvalue weighted by atomic mass is 19.1. The van der Waals surface area contributed by atoms with E-state index in [-0.39, 0.29) is 11.3 Å². The Bertz CT molecular complexity index is 521. The molecule has 16 heavy (non-hydrogen) atoms. The standard InChI is InChI=1S/C11H10FN3O/c1-2-15-4-3-14-11(15)10(16)8-5-9(12)7-13-6-8/h3-7H,2H2,1H3. The number of carbonyl (C=O) groups excluding carboxylic acids is 1. The van der Waals surface area contributed by atoms with E-state index in [2.05, 4.69) is 9.97 Å². The van der Waals surface area contributed by atoms with Crippen molar-refractivity contribution >= 4 is 5.78 Å².